The Labute approximate surface area is 284 Å². The van der Waals surface area contributed by atoms with E-state index in [4.69, 9.17) is 19.3 Å². The first kappa shape index (κ1) is 35.7. The number of carboxylic acid groups (broad SMARTS) is 1. The second-order valence-corrected chi connectivity index (χ2v) is 13.0. The number of carbonyl (C=O) groups is 2. The van der Waals surface area contributed by atoms with Gasteiger partial charge in [0, 0.05) is 51.1 Å². The van der Waals surface area contributed by atoms with Crippen molar-refractivity contribution in [2.75, 3.05) is 26.8 Å². The quantitative estimate of drug-likeness (QED) is 0.140. The summed E-state index contributed by atoms with van der Waals surface area (Å²) < 4.78 is 18.7. The summed E-state index contributed by atoms with van der Waals surface area (Å²) in [4.78, 5) is 25.5. The molecule has 0 aliphatic carbocycles. The van der Waals surface area contributed by atoms with Crippen molar-refractivity contribution in [3.05, 3.63) is 95.1 Å². The molecule has 0 aromatic heterocycles. The summed E-state index contributed by atoms with van der Waals surface area (Å²) in [6, 6.07) is 24.9. The minimum Gasteiger partial charge on any atom is -0.481 e. The topological polar surface area (TPSA) is 118 Å². The summed E-state index contributed by atoms with van der Waals surface area (Å²) in [5, 5.41) is 21.3. The van der Waals surface area contributed by atoms with Crippen molar-refractivity contribution >= 4 is 11.9 Å². The highest BCUT2D eigenvalue weighted by molar-refractivity contribution is 5.76. The van der Waals surface area contributed by atoms with Crippen LogP contribution in [0, 0.1) is 0 Å². The van der Waals surface area contributed by atoms with E-state index in [-0.39, 0.29) is 31.1 Å². The van der Waals surface area contributed by atoms with Crippen LogP contribution in [-0.4, -0.2) is 65.9 Å². The van der Waals surface area contributed by atoms with E-state index >= 15 is 0 Å². The zero-order valence-electron chi connectivity index (χ0n) is 28.0. The Morgan fingerprint density at radius 2 is 1.65 bits per heavy atom. The third-order valence-corrected chi connectivity index (χ3v) is 9.39. The molecule has 3 aromatic carbocycles. The summed E-state index contributed by atoms with van der Waals surface area (Å²) in [6.07, 6.45) is 6.13. The van der Waals surface area contributed by atoms with Crippen LogP contribution in [0.3, 0.4) is 0 Å². The lowest BCUT2D eigenvalue weighted by Crippen LogP contribution is -2.42. The van der Waals surface area contributed by atoms with Gasteiger partial charge in [-0.25, -0.2) is 0 Å². The van der Waals surface area contributed by atoms with E-state index in [0.29, 0.717) is 25.4 Å². The molecule has 1 amide bonds. The SMILES string of the molecule is COCC1CCCN1CC1CC(c2ccc(CO)cc2)OC(c2ccc(-c3cccc(CNC(=O)CCCCCCC(=O)O)c3)cc2)O1. The van der Waals surface area contributed by atoms with E-state index < -0.39 is 12.3 Å². The Morgan fingerprint density at radius 1 is 0.896 bits per heavy atom. The van der Waals surface area contributed by atoms with E-state index in [2.05, 4.69) is 46.6 Å². The van der Waals surface area contributed by atoms with Gasteiger partial charge in [0.05, 0.1) is 25.4 Å². The summed E-state index contributed by atoms with van der Waals surface area (Å²) in [5.74, 6) is -0.761. The van der Waals surface area contributed by atoms with Crippen LogP contribution < -0.4 is 5.32 Å². The van der Waals surface area contributed by atoms with Gasteiger partial charge in [-0.1, -0.05) is 79.6 Å². The number of hydrogen-bond acceptors (Lipinski definition) is 7. The van der Waals surface area contributed by atoms with Crippen LogP contribution >= 0.6 is 0 Å². The average molecular weight is 659 g/mol. The van der Waals surface area contributed by atoms with Gasteiger partial charge in [-0.05, 0) is 66.1 Å². The van der Waals surface area contributed by atoms with Crippen LogP contribution in [0.1, 0.15) is 92.4 Å². The molecule has 4 unspecified atom stereocenters. The smallest absolute Gasteiger partial charge is 0.303 e. The molecule has 2 fully saturated rings. The molecule has 2 aliphatic heterocycles. The Hall–Kier alpha value is -3.60. The van der Waals surface area contributed by atoms with E-state index in [1.165, 1.54) is 6.42 Å². The number of aliphatic carboxylic acids is 1. The molecule has 258 valence electrons. The maximum atomic E-state index is 12.4. The molecular weight excluding hydrogens is 608 g/mol. The van der Waals surface area contributed by atoms with Crippen LogP contribution in [0.25, 0.3) is 11.1 Å². The zero-order valence-corrected chi connectivity index (χ0v) is 28.0. The Kier molecular flexibility index (Phi) is 13.6. The number of benzene rings is 3. The predicted molar refractivity (Wildman–Crippen MR) is 184 cm³/mol. The van der Waals surface area contributed by atoms with Crippen molar-refractivity contribution < 1.29 is 34.0 Å². The lowest BCUT2D eigenvalue weighted by molar-refractivity contribution is -0.253. The van der Waals surface area contributed by atoms with Crippen molar-refractivity contribution in [3.8, 4) is 11.1 Å². The van der Waals surface area contributed by atoms with Crippen molar-refractivity contribution in [2.24, 2.45) is 0 Å². The van der Waals surface area contributed by atoms with Gasteiger partial charge >= 0.3 is 5.97 Å². The number of unbranched alkanes of at least 4 members (excludes halogenated alkanes) is 3. The van der Waals surface area contributed by atoms with Crippen LogP contribution in [0.15, 0.2) is 72.8 Å². The average Bonchev–Trinajstić information content (AvgIpc) is 3.55. The van der Waals surface area contributed by atoms with Crippen molar-refractivity contribution in [3.63, 3.8) is 0 Å². The highest BCUT2D eigenvalue weighted by Gasteiger charge is 2.35. The number of nitrogens with zero attached hydrogens (tertiary/aromatic N) is 1. The van der Waals surface area contributed by atoms with Gasteiger partial charge in [0.2, 0.25) is 5.91 Å². The van der Waals surface area contributed by atoms with Crippen LogP contribution in [0.2, 0.25) is 0 Å². The number of carboxylic acids is 1. The fourth-order valence-corrected chi connectivity index (χ4v) is 6.71. The van der Waals surface area contributed by atoms with E-state index in [0.717, 1.165) is 85.2 Å². The third kappa shape index (κ3) is 10.4. The number of likely N-dealkylation sites (tertiary alicyclic amines) is 1. The van der Waals surface area contributed by atoms with E-state index in [1.54, 1.807) is 7.11 Å². The largest absolute Gasteiger partial charge is 0.481 e. The van der Waals surface area contributed by atoms with Gasteiger partial charge in [-0.15, -0.1) is 0 Å². The van der Waals surface area contributed by atoms with Crippen LogP contribution in [-0.2, 0) is 37.0 Å². The number of carbonyl (C=O) groups excluding carboxylic acids is 1. The molecule has 2 saturated heterocycles. The molecule has 3 N–H and O–H groups in total. The Morgan fingerprint density at radius 3 is 2.38 bits per heavy atom. The summed E-state index contributed by atoms with van der Waals surface area (Å²) in [5.41, 5.74) is 6.07. The van der Waals surface area contributed by atoms with Crippen molar-refractivity contribution in [1.29, 1.82) is 0 Å². The maximum Gasteiger partial charge on any atom is 0.303 e. The van der Waals surface area contributed by atoms with Crippen molar-refractivity contribution in [1.82, 2.24) is 10.2 Å². The minimum absolute atomic E-state index is 0.00720. The zero-order chi connectivity index (χ0) is 33.7. The van der Waals surface area contributed by atoms with Gasteiger partial charge in [0.1, 0.15) is 0 Å². The highest BCUT2D eigenvalue weighted by Crippen LogP contribution is 2.39. The molecule has 0 saturated carbocycles. The molecule has 5 rings (SSSR count). The standard InChI is InChI=1S/C39H50N2O7/c1-46-27-34-10-7-21-41(34)25-35-23-36(31-15-13-28(26-42)14-16-31)48-39(47-35)32-19-17-30(18-20-32)33-9-6-8-29(22-33)24-40-37(43)11-4-2-3-5-12-38(44)45/h6,8-9,13-20,22,34-36,39,42H,2-5,7,10-12,21,23-27H2,1H3,(H,40,43)(H,44,45). The summed E-state index contributed by atoms with van der Waals surface area (Å²) in [6.45, 7) is 3.07. The molecular formula is C39H50N2O7. The first-order valence-electron chi connectivity index (χ1n) is 17.3. The van der Waals surface area contributed by atoms with Gasteiger partial charge in [-0.2, -0.15) is 0 Å². The normalized spacial score (nSPS) is 21.3. The number of rotatable bonds is 17. The first-order chi connectivity index (χ1) is 23.4. The Balaban J connectivity index is 1.20. The fourth-order valence-electron chi connectivity index (χ4n) is 6.71. The van der Waals surface area contributed by atoms with Crippen LogP contribution in [0.4, 0.5) is 0 Å². The number of aliphatic hydroxyl groups excluding tert-OH is 1. The fraction of sp³-hybridized carbons (Fsp3) is 0.487. The molecule has 3 aromatic rings. The molecule has 9 nitrogen and oxygen atoms in total. The van der Waals surface area contributed by atoms with Gasteiger partial charge in [0.15, 0.2) is 6.29 Å². The molecule has 0 bridgehead atoms. The van der Waals surface area contributed by atoms with Gasteiger partial charge < -0.3 is 29.7 Å². The lowest BCUT2D eigenvalue weighted by atomic mass is 9.98. The Bertz CT molecular complexity index is 1450. The first-order valence-corrected chi connectivity index (χ1v) is 17.3. The molecule has 4 atom stereocenters. The number of aliphatic hydroxyl groups is 1. The second-order valence-electron chi connectivity index (χ2n) is 13.0. The minimum atomic E-state index is -0.771. The summed E-state index contributed by atoms with van der Waals surface area (Å²) in [7, 11) is 1.76. The molecule has 2 aliphatic rings. The summed E-state index contributed by atoms with van der Waals surface area (Å²) >= 11 is 0. The molecule has 2 heterocycles. The lowest BCUT2D eigenvalue weighted by Gasteiger charge is -2.38. The van der Waals surface area contributed by atoms with E-state index in [9.17, 15) is 14.7 Å². The molecule has 0 radical (unpaired) electrons. The number of methoxy groups -OCH3 is 1. The number of nitrogens with one attached hydrogen (secondary N) is 1. The third-order valence-electron chi connectivity index (χ3n) is 9.39. The molecule has 0 spiro atoms. The molecule has 48 heavy (non-hydrogen) atoms. The highest BCUT2D eigenvalue weighted by atomic mass is 16.7. The number of amides is 1. The second kappa shape index (κ2) is 18.2. The van der Waals surface area contributed by atoms with Gasteiger partial charge in [-0.3, -0.25) is 14.5 Å². The van der Waals surface area contributed by atoms with Crippen molar-refractivity contribution in [2.45, 2.75) is 95.5 Å². The number of hydrogen-bond donors (Lipinski definition) is 3. The van der Waals surface area contributed by atoms with Gasteiger partial charge in [0.25, 0.3) is 0 Å². The number of ether oxygens (including phenoxy) is 3. The molecule has 9 heteroatoms. The maximum absolute atomic E-state index is 12.4. The van der Waals surface area contributed by atoms with E-state index in [1.807, 2.05) is 36.4 Å². The predicted octanol–water partition coefficient (Wildman–Crippen LogP) is 6.54. The van der Waals surface area contributed by atoms with Crippen LogP contribution in [0.5, 0.6) is 0 Å². The monoisotopic (exact) mass is 658 g/mol.